The number of carbonyl (C=O) groups excluding carboxylic acids is 2. The Balaban J connectivity index is 2.02. The van der Waals surface area contributed by atoms with E-state index in [1.165, 1.54) is 0 Å². The van der Waals surface area contributed by atoms with Crippen molar-refractivity contribution in [1.29, 1.82) is 0 Å². The van der Waals surface area contributed by atoms with Gasteiger partial charge < -0.3 is 20.1 Å². The number of rotatable bonds is 3. The summed E-state index contributed by atoms with van der Waals surface area (Å²) >= 11 is 0. The van der Waals surface area contributed by atoms with Crippen molar-refractivity contribution in [2.24, 2.45) is 0 Å². The summed E-state index contributed by atoms with van der Waals surface area (Å²) in [5, 5.41) is 12.3. The van der Waals surface area contributed by atoms with Crippen molar-refractivity contribution in [3.63, 3.8) is 0 Å². The zero-order valence-electron chi connectivity index (χ0n) is 13.8. The van der Waals surface area contributed by atoms with Gasteiger partial charge in [0.25, 0.3) is 0 Å². The molecule has 6 nitrogen and oxygen atoms in total. The lowest BCUT2D eigenvalue weighted by molar-refractivity contribution is -0.153. The number of benzene rings is 1. The van der Waals surface area contributed by atoms with Crippen LogP contribution in [0.25, 0.3) is 0 Å². The molecule has 1 saturated heterocycles. The summed E-state index contributed by atoms with van der Waals surface area (Å²) in [5.41, 5.74) is 0.751. The first-order valence-electron chi connectivity index (χ1n) is 7.78. The number of amides is 2. The first-order valence-corrected chi connectivity index (χ1v) is 7.78. The number of ether oxygens (including phenoxy) is 1. The van der Waals surface area contributed by atoms with Crippen molar-refractivity contribution in [3.05, 3.63) is 29.8 Å². The fourth-order valence-electron chi connectivity index (χ4n) is 2.45. The Morgan fingerprint density at radius 1 is 1.35 bits per heavy atom. The minimum atomic E-state index is -0.541. The number of nitrogens with zero attached hydrogens (tertiary/aromatic N) is 1. The number of para-hydroxylation sites is 1. The van der Waals surface area contributed by atoms with E-state index in [-0.39, 0.29) is 18.4 Å². The molecule has 1 aromatic rings. The Bertz CT molecular complexity index is 580. The lowest BCUT2D eigenvalue weighted by atomic mass is 10.1. The third kappa shape index (κ3) is 5.25. The van der Waals surface area contributed by atoms with Crippen LogP contribution in [0.3, 0.4) is 0 Å². The number of aliphatic hydroxyl groups excluding tert-OH is 1. The summed E-state index contributed by atoms with van der Waals surface area (Å²) in [6.45, 7) is 6.31. The molecule has 1 fully saturated rings. The van der Waals surface area contributed by atoms with Gasteiger partial charge in [0.1, 0.15) is 5.60 Å². The number of β-amino-alcohol motifs (C(OH)–C–C–N with tert-alkyl or cyclic N) is 1. The van der Waals surface area contributed by atoms with Crippen LogP contribution in [0, 0.1) is 0 Å². The fraction of sp³-hybridized carbons (Fsp3) is 0.529. The SMILES string of the molecule is CC(C)(C)OC(=O)Cc1ccccc1NC(=O)N1CC[C@H](O)C1. The summed E-state index contributed by atoms with van der Waals surface area (Å²) in [5.74, 6) is -0.337. The zero-order chi connectivity index (χ0) is 17.0. The van der Waals surface area contributed by atoms with Crippen molar-refractivity contribution in [1.82, 2.24) is 4.90 Å². The molecule has 126 valence electrons. The molecule has 0 unspecified atom stereocenters. The molecular weight excluding hydrogens is 296 g/mol. The molecule has 1 aliphatic heterocycles. The van der Waals surface area contributed by atoms with Gasteiger partial charge in [-0.3, -0.25) is 4.79 Å². The quantitative estimate of drug-likeness (QED) is 0.837. The van der Waals surface area contributed by atoms with Crippen LogP contribution in [0.15, 0.2) is 24.3 Å². The molecule has 2 rings (SSSR count). The average molecular weight is 320 g/mol. The van der Waals surface area contributed by atoms with Gasteiger partial charge in [-0.15, -0.1) is 0 Å². The maximum atomic E-state index is 12.2. The van der Waals surface area contributed by atoms with E-state index in [1.807, 2.05) is 26.8 Å². The van der Waals surface area contributed by atoms with E-state index >= 15 is 0 Å². The average Bonchev–Trinajstić information content (AvgIpc) is 2.85. The molecule has 0 bridgehead atoms. The predicted octanol–water partition coefficient (Wildman–Crippen LogP) is 2.17. The lowest BCUT2D eigenvalue weighted by Crippen LogP contribution is -2.34. The van der Waals surface area contributed by atoms with E-state index in [2.05, 4.69) is 5.32 Å². The Morgan fingerprint density at radius 3 is 2.65 bits per heavy atom. The molecule has 2 N–H and O–H groups in total. The number of hydrogen-bond donors (Lipinski definition) is 2. The monoisotopic (exact) mass is 320 g/mol. The summed E-state index contributed by atoms with van der Waals surface area (Å²) < 4.78 is 5.32. The normalized spacial score (nSPS) is 17.9. The maximum Gasteiger partial charge on any atom is 0.321 e. The number of carbonyl (C=O) groups is 2. The topological polar surface area (TPSA) is 78.9 Å². The second kappa shape index (κ2) is 7.00. The first kappa shape index (κ1) is 17.3. The van der Waals surface area contributed by atoms with Gasteiger partial charge in [-0.1, -0.05) is 18.2 Å². The Kier molecular flexibility index (Phi) is 5.26. The number of anilines is 1. The Morgan fingerprint density at radius 2 is 2.04 bits per heavy atom. The second-order valence-corrected chi connectivity index (χ2v) is 6.74. The molecular formula is C17H24N2O4. The third-order valence-corrected chi connectivity index (χ3v) is 3.46. The standard InChI is InChI=1S/C17H24N2O4/c1-17(2,3)23-15(21)10-12-6-4-5-7-14(12)18-16(22)19-9-8-13(20)11-19/h4-7,13,20H,8-11H2,1-3H3,(H,18,22)/t13-/m0/s1. The molecule has 0 saturated carbocycles. The molecule has 0 radical (unpaired) electrons. The zero-order valence-corrected chi connectivity index (χ0v) is 13.8. The first-order chi connectivity index (χ1) is 10.7. The van der Waals surface area contributed by atoms with E-state index in [4.69, 9.17) is 4.74 Å². The van der Waals surface area contributed by atoms with Crippen LogP contribution in [0.1, 0.15) is 32.8 Å². The predicted molar refractivity (Wildman–Crippen MR) is 87.2 cm³/mol. The molecule has 0 aromatic heterocycles. The van der Waals surface area contributed by atoms with Crippen LogP contribution < -0.4 is 5.32 Å². The van der Waals surface area contributed by atoms with Gasteiger partial charge >= 0.3 is 12.0 Å². The van der Waals surface area contributed by atoms with Crippen LogP contribution in [-0.4, -0.2) is 46.8 Å². The number of likely N-dealkylation sites (tertiary alicyclic amines) is 1. The van der Waals surface area contributed by atoms with Crippen molar-refractivity contribution < 1.29 is 19.4 Å². The fourth-order valence-corrected chi connectivity index (χ4v) is 2.45. The molecule has 6 heteroatoms. The van der Waals surface area contributed by atoms with E-state index < -0.39 is 11.7 Å². The van der Waals surface area contributed by atoms with Crippen LogP contribution in [0.2, 0.25) is 0 Å². The summed E-state index contributed by atoms with van der Waals surface area (Å²) in [7, 11) is 0. The summed E-state index contributed by atoms with van der Waals surface area (Å²) in [6.07, 6.45) is 0.223. The molecule has 23 heavy (non-hydrogen) atoms. The highest BCUT2D eigenvalue weighted by Gasteiger charge is 2.25. The lowest BCUT2D eigenvalue weighted by Gasteiger charge is -2.21. The summed E-state index contributed by atoms with van der Waals surface area (Å²) in [4.78, 5) is 25.8. The van der Waals surface area contributed by atoms with Crippen molar-refractivity contribution in [3.8, 4) is 0 Å². The Hall–Kier alpha value is -2.08. The molecule has 1 heterocycles. The van der Waals surface area contributed by atoms with E-state index in [0.717, 1.165) is 0 Å². The highest BCUT2D eigenvalue weighted by Crippen LogP contribution is 2.19. The molecule has 0 spiro atoms. The van der Waals surface area contributed by atoms with E-state index in [9.17, 15) is 14.7 Å². The molecule has 2 amide bonds. The maximum absolute atomic E-state index is 12.2. The van der Waals surface area contributed by atoms with Gasteiger partial charge in [0.15, 0.2) is 0 Å². The molecule has 1 atom stereocenters. The van der Waals surface area contributed by atoms with Gasteiger partial charge in [0.05, 0.1) is 12.5 Å². The number of nitrogens with one attached hydrogen (secondary N) is 1. The van der Waals surface area contributed by atoms with Crippen molar-refractivity contribution in [2.45, 2.75) is 45.3 Å². The van der Waals surface area contributed by atoms with Crippen LogP contribution in [0.5, 0.6) is 0 Å². The van der Waals surface area contributed by atoms with Crippen molar-refractivity contribution in [2.75, 3.05) is 18.4 Å². The van der Waals surface area contributed by atoms with Gasteiger partial charge in [-0.05, 0) is 38.8 Å². The van der Waals surface area contributed by atoms with Gasteiger partial charge in [-0.2, -0.15) is 0 Å². The smallest absolute Gasteiger partial charge is 0.321 e. The second-order valence-electron chi connectivity index (χ2n) is 6.74. The minimum absolute atomic E-state index is 0.0936. The minimum Gasteiger partial charge on any atom is -0.460 e. The van der Waals surface area contributed by atoms with Crippen molar-refractivity contribution >= 4 is 17.7 Å². The largest absolute Gasteiger partial charge is 0.460 e. The van der Waals surface area contributed by atoms with Gasteiger partial charge in [0.2, 0.25) is 0 Å². The van der Waals surface area contributed by atoms with Crippen LogP contribution in [0.4, 0.5) is 10.5 Å². The number of esters is 1. The number of aliphatic hydroxyl groups is 1. The van der Waals surface area contributed by atoms with Gasteiger partial charge in [-0.25, -0.2) is 4.79 Å². The number of hydrogen-bond acceptors (Lipinski definition) is 4. The van der Waals surface area contributed by atoms with E-state index in [0.29, 0.717) is 30.8 Å². The number of urea groups is 1. The highest BCUT2D eigenvalue weighted by molar-refractivity contribution is 5.91. The Labute approximate surface area is 136 Å². The van der Waals surface area contributed by atoms with Crippen LogP contribution in [-0.2, 0) is 16.0 Å². The van der Waals surface area contributed by atoms with E-state index in [1.54, 1.807) is 23.1 Å². The highest BCUT2D eigenvalue weighted by atomic mass is 16.6. The molecule has 1 aromatic carbocycles. The summed E-state index contributed by atoms with van der Waals surface area (Å²) in [6, 6.07) is 6.89. The third-order valence-electron chi connectivity index (χ3n) is 3.46. The van der Waals surface area contributed by atoms with Gasteiger partial charge in [0, 0.05) is 18.8 Å². The van der Waals surface area contributed by atoms with Crippen LogP contribution >= 0.6 is 0 Å². The molecule has 1 aliphatic rings. The molecule has 0 aliphatic carbocycles.